The van der Waals surface area contributed by atoms with Gasteiger partial charge in [0.25, 0.3) is 0 Å². The maximum absolute atomic E-state index is 13.5. The Morgan fingerprint density at radius 1 is 1.00 bits per heavy atom. The Balaban J connectivity index is 0.00000353. The molecule has 3 heterocycles. The van der Waals surface area contributed by atoms with E-state index in [1.165, 1.54) is 17.7 Å². The molecule has 9 heteroatoms. The summed E-state index contributed by atoms with van der Waals surface area (Å²) < 4.78 is 29.2. The number of halogens is 3. The first-order valence-electron chi connectivity index (χ1n) is 13.7. The fourth-order valence-electron chi connectivity index (χ4n) is 6.56. The smallest absolute Gasteiger partial charge is 0.387 e. The number of alkyl halides is 2. The average Bonchev–Trinajstić information content (AvgIpc) is 3.48. The Kier molecular flexibility index (Phi) is 9.49. The number of piperidine rings is 1. The zero-order valence-electron chi connectivity index (χ0n) is 22.4. The lowest BCUT2D eigenvalue weighted by Crippen LogP contribution is -2.46. The highest BCUT2D eigenvalue weighted by Crippen LogP contribution is 2.43. The lowest BCUT2D eigenvalue weighted by molar-refractivity contribution is -0.139. The molecule has 2 aromatic carbocycles. The number of ether oxygens (including phenoxy) is 1. The summed E-state index contributed by atoms with van der Waals surface area (Å²) in [5.74, 6) is 1.28. The van der Waals surface area contributed by atoms with E-state index in [2.05, 4.69) is 33.9 Å². The summed E-state index contributed by atoms with van der Waals surface area (Å²) in [6.07, 6.45) is 3.10. The summed E-state index contributed by atoms with van der Waals surface area (Å²) >= 11 is 0. The Hall–Kier alpha value is -2.71. The third-order valence-corrected chi connectivity index (χ3v) is 8.75. The minimum Gasteiger partial charge on any atom is -0.435 e. The van der Waals surface area contributed by atoms with Crippen molar-refractivity contribution in [3.8, 4) is 5.75 Å². The molecule has 0 aromatic heterocycles. The predicted octanol–water partition coefficient (Wildman–Crippen LogP) is 5.18. The topological polar surface area (TPSA) is 53.1 Å². The highest BCUT2D eigenvalue weighted by molar-refractivity contribution is 5.85. The number of carbonyl (C=O) groups excluding carboxylic acids is 2. The van der Waals surface area contributed by atoms with E-state index >= 15 is 0 Å². The van der Waals surface area contributed by atoms with Gasteiger partial charge < -0.3 is 19.4 Å². The number of hydrogen-bond donors (Lipinski definition) is 0. The molecule has 1 spiro atoms. The van der Waals surface area contributed by atoms with Crippen LogP contribution in [0, 0.1) is 11.3 Å². The van der Waals surface area contributed by atoms with Gasteiger partial charge in [0, 0.05) is 45.1 Å². The van der Waals surface area contributed by atoms with Crippen LogP contribution in [0.1, 0.15) is 49.7 Å². The van der Waals surface area contributed by atoms with Crippen molar-refractivity contribution in [3.63, 3.8) is 0 Å². The van der Waals surface area contributed by atoms with E-state index in [4.69, 9.17) is 0 Å². The highest BCUT2D eigenvalue weighted by Gasteiger charge is 2.48. The molecule has 39 heavy (non-hydrogen) atoms. The fraction of sp³-hybridized carbons (Fsp3) is 0.533. The van der Waals surface area contributed by atoms with E-state index in [-0.39, 0.29) is 35.4 Å². The molecular formula is C30H38ClF2N3O3. The lowest BCUT2D eigenvalue weighted by atomic mass is 9.76. The quantitative estimate of drug-likeness (QED) is 0.446. The molecule has 3 aliphatic rings. The molecule has 2 amide bonds. The summed E-state index contributed by atoms with van der Waals surface area (Å²) in [6.45, 7) is 4.58. The summed E-state index contributed by atoms with van der Waals surface area (Å²) in [6, 6.07) is 17.1. The maximum Gasteiger partial charge on any atom is 0.387 e. The second-order valence-corrected chi connectivity index (χ2v) is 11.0. The SMILES string of the molecule is CCC(=O)N1CC(c2ccccc2)[C@@H](CN2CCC3(CC2)CCN(Cc2ccc(OC(F)F)cc2)C3=O)C1.Cl. The molecular weight excluding hydrogens is 524 g/mol. The van der Waals surface area contributed by atoms with Gasteiger partial charge in [-0.05, 0) is 61.5 Å². The van der Waals surface area contributed by atoms with Gasteiger partial charge in [-0.2, -0.15) is 8.78 Å². The zero-order valence-corrected chi connectivity index (χ0v) is 23.3. The molecule has 5 rings (SSSR count). The number of amides is 2. The molecule has 3 saturated heterocycles. The number of carbonyl (C=O) groups is 2. The first kappa shape index (κ1) is 29.3. The van der Waals surface area contributed by atoms with Gasteiger partial charge in [0.05, 0.1) is 5.41 Å². The van der Waals surface area contributed by atoms with E-state index in [1.54, 1.807) is 12.1 Å². The van der Waals surface area contributed by atoms with Gasteiger partial charge in [0.15, 0.2) is 0 Å². The first-order valence-corrected chi connectivity index (χ1v) is 13.7. The number of rotatable bonds is 8. The van der Waals surface area contributed by atoms with Crippen LogP contribution < -0.4 is 4.74 Å². The van der Waals surface area contributed by atoms with Crippen LogP contribution in [0.5, 0.6) is 5.75 Å². The van der Waals surface area contributed by atoms with Crippen molar-refractivity contribution in [1.82, 2.24) is 14.7 Å². The monoisotopic (exact) mass is 561 g/mol. The zero-order chi connectivity index (χ0) is 26.7. The van der Waals surface area contributed by atoms with Crippen molar-refractivity contribution >= 4 is 24.2 Å². The van der Waals surface area contributed by atoms with E-state index < -0.39 is 6.61 Å². The molecule has 3 aliphatic heterocycles. The van der Waals surface area contributed by atoms with E-state index in [0.29, 0.717) is 24.8 Å². The normalized spacial score (nSPS) is 22.9. The van der Waals surface area contributed by atoms with Crippen molar-refractivity contribution in [1.29, 1.82) is 0 Å². The molecule has 0 aliphatic carbocycles. The number of hydrogen-bond acceptors (Lipinski definition) is 4. The molecule has 2 atom stereocenters. The fourth-order valence-corrected chi connectivity index (χ4v) is 6.56. The molecule has 212 valence electrons. The van der Waals surface area contributed by atoms with E-state index in [1.807, 2.05) is 22.8 Å². The van der Waals surface area contributed by atoms with Gasteiger partial charge in [-0.3, -0.25) is 9.59 Å². The van der Waals surface area contributed by atoms with Crippen molar-refractivity contribution in [2.24, 2.45) is 11.3 Å². The van der Waals surface area contributed by atoms with Gasteiger partial charge >= 0.3 is 6.61 Å². The van der Waals surface area contributed by atoms with Crippen LogP contribution in [0.4, 0.5) is 8.78 Å². The number of likely N-dealkylation sites (tertiary alicyclic amines) is 3. The van der Waals surface area contributed by atoms with E-state index in [0.717, 1.165) is 64.1 Å². The van der Waals surface area contributed by atoms with Crippen molar-refractivity contribution < 1.29 is 23.1 Å². The Labute approximate surface area is 235 Å². The van der Waals surface area contributed by atoms with Crippen LogP contribution in [0.15, 0.2) is 54.6 Å². The summed E-state index contributed by atoms with van der Waals surface area (Å²) in [7, 11) is 0. The second-order valence-electron chi connectivity index (χ2n) is 11.0. The molecule has 0 saturated carbocycles. The van der Waals surface area contributed by atoms with Gasteiger partial charge in [-0.1, -0.05) is 49.4 Å². The summed E-state index contributed by atoms with van der Waals surface area (Å²) in [5, 5.41) is 0. The molecule has 0 N–H and O–H groups in total. The van der Waals surface area contributed by atoms with Crippen LogP contribution in [-0.4, -0.2) is 72.4 Å². The van der Waals surface area contributed by atoms with Crippen molar-refractivity contribution in [2.45, 2.75) is 51.7 Å². The molecule has 0 bridgehead atoms. The Morgan fingerprint density at radius 2 is 1.67 bits per heavy atom. The largest absolute Gasteiger partial charge is 0.435 e. The lowest BCUT2D eigenvalue weighted by Gasteiger charge is -2.39. The van der Waals surface area contributed by atoms with Gasteiger partial charge in [0.1, 0.15) is 5.75 Å². The van der Waals surface area contributed by atoms with Crippen LogP contribution in [0.2, 0.25) is 0 Å². The molecule has 3 fully saturated rings. The van der Waals surface area contributed by atoms with Crippen LogP contribution in [-0.2, 0) is 16.1 Å². The first-order chi connectivity index (χ1) is 18.4. The minimum atomic E-state index is -2.85. The van der Waals surface area contributed by atoms with Gasteiger partial charge in [-0.15, -0.1) is 12.4 Å². The van der Waals surface area contributed by atoms with E-state index in [9.17, 15) is 18.4 Å². The Morgan fingerprint density at radius 3 is 2.31 bits per heavy atom. The summed E-state index contributed by atoms with van der Waals surface area (Å²) in [4.78, 5) is 32.4. The maximum atomic E-state index is 13.5. The minimum absolute atomic E-state index is 0. The van der Waals surface area contributed by atoms with Crippen LogP contribution in [0.3, 0.4) is 0 Å². The van der Waals surface area contributed by atoms with Crippen molar-refractivity contribution in [3.05, 3.63) is 65.7 Å². The average molecular weight is 562 g/mol. The molecule has 1 unspecified atom stereocenters. The van der Waals surface area contributed by atoms with Crippen LogP contribution in [0.25, 0.3) is 0 Å². The second kappa shape index (κ2) is 12.6. The Bertz CT molecular complexity index is 1110. The highest BCUT2D eigenvalue weighted by atomic mass is 35.5. The van der Waals surface area contributed by atoms with Gasteiger partial charge in [-0.25, -0.2) is 0 Å². The third-order valence-electron chi connectivity index (χ3n) is 8.75. The number of benzene rings is 2. The number of nitrogens with zero attached hydrogens (tertiary/aromatic N) is 3. The molecule has 2 aromatic rings. The molecule has 0 radical (unpaired) electrons. The third kappa shape index (κ3) is 6.55. The standard InChI is InChI=1S/C30H37F2N3O3.ClH/c1-2-27(36)35-20-24(26(21-35)23-6-4-3-5-7-23)19-33-15-12-30(13-16-33)14-17-34(28(30)37)18-22-8-10-25(11-9-22)38-29(31)32;/h3-11,24,26,29H,2,12-21H2,1H3;1H/t24-,26?;/m0./s1. The summed E-state index contributed by atoms with van der Waals surface area (Å²) in [5.41, 5.74) is 1.91. The van der Waals surface area contributed by atoms with Crippen LogP contribution >= 0.6 is 12.4 Å². The van der Waals surface area contributed by atoms with Crippen molar-refractivity contribution in [2.75, 3.05) is 39.3 Å². The predicted molar refractivity (Wildman–Crippen MR) is 148 cm³/mol. The molecule has 6 nitrogen and oxygen atoms in total. The van der Waals surface area contributed by atoms with Gasteiger partial charge in [0.2, 0.25) is 11.8 Å².